The second-order valence-electron chi connectivity index (χ2n) is 6.18. The Kier molecular flexibility index (Phi) is 3.31. The molecule has 0 amide bonds. The molecular weight excluding hydrogens is 208 g/mol. The van der Waals surface area contributed by atoms with Crippen LogP contribution in [0.15, 0.2) is 18.2 Å². The Morgan fingerprint density at radius 1 is 1.24 bits per heavy atom. The number of hydrogen-bond acceptors (Lipinski definition) is 1. The highest BCUT2D eigenvalue weighted by Gasteiger charge is 2.43. The lowest BCUT2D eigenvalue weighted by molar-refractivity contribution is -0.0861. The first-order valence-electron chi connectivity index (χ1n) is 6.69. The predicted molar refractivity (Wildman–Crippen MR) is 72.1 cm³/mol. The molecule has 0 spiro atoms. The van der Waals surface area contributed by atoms with Crippen LogP contribution in [0.1, 0.15) is 43.4 Å². The van der Waals surface area contributed by atoms with Crippen molar-refractivity contribution < 1.29 is 5.11 Å². The Labute approximate surface area is 105 Å². The summed E-state index contributed by atoms with van der Waals surface area (Å²) in [6.07, 6.45) is 2.77. The molecule has 0 atom stereocenters. The predicted octanol–water partition coefficient (Wildman–Crippen LogP) is 3.64. The van der Waals surface area contributed by atoms with Gasteiger partial charge in [-0.3, -0.25) is 0 Å². The lowest BCUT2D eigenvalue weighted by atomic mass is 9.64. The summed E-state index contributed by atoms with van der Waals surface area (Å²) in [5.41, 5.74) is 3.53. The molecule has 1 saturated carbocycles. The molecule has 1 aliphatic carbocycles. The molecule has 1 aromatic rings. The third-order valence-electron chi connectivity index (χ3n) is 4.38. The van der Waals surface area contributed by atoms with E-state index >= 15 is 0 Å². The van der Waals surface area contributed by atoms with Gasteiger partial charge in [0.15, 0.2) is 0 Å². The molecule has 0 saturated heterocycles. The molecule has 1 aliphatic rings. The van der Waals surface area contributed by atoms with Gasteiger partial charge in [0.25, 0.3) is 0 Å². The maximum absolute atomic E-state index is 10.5. The number of aliphatic hydroxyl groups is 1. The van der Waals surface area contributed by atoms with Crippen molar-refractivity contribution in [1.29, 1.82) is 0 Å². The van der Waals surface area contributed by atoms with Crippen molar-refractivity contribution in [2.24, 2.45) is 11.8 Å². The topological polar surface area (TPSA) is 20.2 Å². The molecule has 0 heterocycles. The maximum atomic E-state index is 10.5. The molecule has 0 radical (unpaired) electrons. The maximum Gasteiger partial charge on any atom is 0.0693 e. The van der Waals surface area contributed by atoms with Gasteiger partial charge in [-0.1, -0.05) is 32.0 Å². The molecular formula is C16H24O. The average molecular weight is 232 g/mol. The molecule has 0 aromatic heterocycles. The zero-order valence-electron chi connectivity index (χ0n) is 11.5. The van der Waals surface area contributed by atoms with Crippen molar-refractivity contribution in [1.82, 2.24) is 0 Å². The lowest BCUT2D eigenvalue weighted by Gasteiger charge is -2.46. The Balaban J connectivity index is 2.08. The van der Waals surface area contributed by atoms with Crippen molar-refractivity contribution in [3.05, 3.63) is 34.9 Å². The van der Waals surface area contributed by atoms with Crippen molar-refractivity contribution in [3.63, 3.8) is 0 Å². The summed E-state index contributed by atoms with van der Waals surface area (Å²) in [5.74, 6) is 1.41. The van der Waals surface area contributed by atoms with E-state index in [1.54, 1.807) is 0 Å². The van der Waals surface area contributed by atoms with E-state index in [0.717, 1.165) is 19.3 Å². The van der Waals surface area contributed by atoms with Gasteiger partial charge in [0.1, 0.15) is 0 Å². The minimum Gasteiger partial charge on any atom is -0.390 e. The average Bonchev–Trinajstić information content (AvgIpc) is 2.19. The first-order valence-corrected chi connectivity index (χ1v) is 6.69. The first kappa shape index (κ1) is 12.6. The molecule has 0 unspecified atom stereocenters. The van der Waals surface area contributed by atoms with Gasteiger partial charge in [-0.15, -0.1) is 0 Å². The minimum atomic E-state index is -0.439. The summed E-state index contributed by atoms with van der Waals surface area (Å²) in [5, 5.41) is 10.5. The second kappa shape index (κ2) is 4.45. The van der Waals surface area contributed by atoms with Crippen molar-refractivity contribution in [2.45, 2.75) is 52.6 Å². The summed E-state index contributed by atoms with van der Waals surface area (Å²) in [7, 11) is 0. The standard InChI is InChI=1S/C16H24O/c1-11(2)14-8-16(17,9-14)10-15-12(3)6-5-7-13(15)4/h5-7,11,14,17H,8-10H2,1-4H3. The van der Waals surface area contributed by atoms with Crippen LogP contribution in [0, 0.1) is 25.7 Å². The molecule has 1 heteroatoms. The van der Waals surface area contributed by atoms with Crippen LogP contribution in [0.4, 0.5) is 0 Å². The number of hydrogen-bond donors (Lipinski definition) is 1. The molecule has 0 aliphatic heterocycles. The summed E-state index contributed by atoms with van der Waals surface area (Å²) in [4.78, 5) is 0. The third-order valence-corrected chi connectivity index (χ3v) is 4.38. The van der Waals surface area contributed by atoms with Gasteiger partial charge in [0.2, 0.25) is 0 Å². The normalized spacial score (nSPS) is 28.2. The number of aryl methyl sites for hydroxylation is 2. The minimum absolute atomic E-state index is 0.439. The fourth-order valence-electron chi connectivity index (χ4n) is 2.99. The third kappa shape index (κ3) is 2.55. The van der Waals surface area contributed by atoms with E-state index in [1.165, 1.54) is 16.7 Å². The quantitative estimate of drug-likeness (QED) is 0.843. The Bertz CT molecular complexity index is 380. The lowest BCUT2D eigenvalue weighted by Crippen LogP contribution is -2.47. The SMILES string of the molecule is Cc1cccc(C)c1CC1(O)CC(C(C)C)C1. The van der Waals surface area contributed by atoms with Gasteiger partial charge in [-0.2, -0.15) is 0 Å². The van der Waals surface area contributed by atoms with Crippen LogP contribution in [-0.2, 0) is 6.42 Å². The van der Waals surface area contributed by atoms with Crippen LogP contribution in [0.2, 0.25) is 0 Å². The number of rotatable bonds is 3. The fourth-order valence-corrected chi connectivity index (χ4v) is 2.99. The van der Waals surface area contributed by atoms with Crippen molar-refractivity contribution in [2.75, 3.05) is 0 Å². The second-order valence-corrected chi connectivity index (χ2v) is 6.18. The number of benzene rings is 1. The zero-order chi connectivity index (χ0) is 12.6. The van der Waals surface area contributed by atoms with Crippen LogP contribution in [-0.4, -0.2) is 10.7 Å². The smallest absolute Gasteiger partial charge is 0.0693 e. The van der Waals surface area contributed by atoms with Gasteiger partial charge >= 0.3 is 0 Å². The zero-order valence-corrected chi connectivity index (χ0v) is 11.5. The van der Waals surface area contributed by atoms with Gasteiger partial charge in [-0.25, -0.2) is 0 Å². The van der Waals surface area contributed by atoms with Crippen LogP contribution in [0.5, 0.6) is 0 Å². The van der Waals surface area contributed by atoms with E-state index in [-0.39, 0.29) is 0 Å². The van der Waals surface area contributed by atoms with Gasteiger partial charge < -0.3 is 5.11 Å². The summed E-state index contributed by atoms with van der Waals surface area (Å²) in [6, 6.07) is 6.38. The highest BCUT2D eigenvalue weighted by molar-refractivity contribution is 5.35. The molecule has 2 rings (SSSR count). The molecule has 1 nitrogen and oxygen atoms in total. The first-order chi connectivity index (χ1) is 7.91. The van der Waals surface area contributed by atoms with E-state index in [1.807, 2.05) is 0 Å². The molecule has 94 valence electrons. The van der Waals surface area contributed by atoms with Crippen LogP contribution >= 0.6 is 0 Å². The van der Waals surface area contributed by atoms with Crippen LogP contribution < -0.4 is 0 Å². The molecule has 1 fully saturated rings. The Morgan fingerprint density at radius 3 is 2.24 bits per heavy atom. The van der Waals surface area contributed by atoms with E-state index in [4.69, 9.17) is 0 Å². The van der Waals surface area contributed by atoms with Gasteiger partial charge in [0, 0.05) is 6.42 Å². The van der Waals surface area contributed by atoms with Gasteiger partial charge in [-0.05, 0) is 55.2 Å². The fraction of sp³-hybridized carbons (Fsp3) is 0.625. The Hall–Kier alpha value is -0.820. The Morgan fingerprint density at radius 2 is 1.76 bits per heavy atom. The highest BCUT2D eigenvalue weighted by Crippen LogP contribution is 2.44. The summed E-state index contributed by atoms with van der Waals surface area (Å²) < 4.78 is 0. The molecule has 1 aromatic carbocycles. The van der Waals surface area contributed by atoms with Crippen molar-refractivity contribution in [3.8, 4) is 0 Å². The monoisotopic (exact) mass is 232 g/mol. The molecule has 0 bridgehead atoms. The van der Waals surface area contributed by atoms with E-state index in [9.17, 15) is 5.11 Å². The molecule has 17 heavy (non-hydrogen) atoms. The van der Waals surface area contributed by atoms with Crippen LogP contribution in [0.3, 0.4) is 0 Å². The van der Waals surface area contributed by atoms with E-state index in [0.29, 0.717) is 11.8 Å². The highest BCUT2D eigenvalue weighted by atomic mass is 16.3. The van der Waals surface area contributed by atoms with E-state index < -0.39 is 5.60 Å². The largest absolute Gasteiger partial charge is 0.390 e. The summed E-state index contributed by atoms with van der Waals surface area (Å²) >= 11 is 0. The van der Waals surface area contributed by atoms with Crippen molar-refractivity contribution >= 4 is 0 Å². The van der Waals surface area contributed by atoms with Gasteiger partial charge in [0.05, 0.1) is 5.60 Å². The molecule has 1 N–H and O–H groups in total. The van der Waals surface area contributed by atoms with Crippen LogP contribution in [0.25, 0.3) is 0 Å². The van der Waals surface area contributed by atoms with E-state index in [2.05, 4.69) is 45.9 Å². The summed E-state index contributed by atoms with van der Waals surface area (Å²) in [6.45, 7) is 8.79.